The zero-order chi connectivity index (χ0) is 13.8. The van der Waals surface area contributed by atoms with Crippen molar-refractivity contribution in [3.63, 3.8) is 0 Å². The van der Waals surface area contributed by atoms with Gasteiger partial charge in [-0.15, -0.1) is 0 Å². The average molecular weight is 327 g/mol. The van der Waals surface area contributed by atoms with Crippen LogP contribution in [0.15, 0.2) is 46.9 Å². The van der Waals surface area contributed by atoms with Crippen LogP contribution in [0.2, 0.25) is 0 Å². The van der Waals surface area contributed by atoms with Gasteiger partial charge in [0, 0.05) is 0 Å². The number of rotatable bonds is 4. The van der Waals surface area contributed by atoms with E-state index in [1.807, 2.05) is 0 Å². The maximum atomic E-state index is 13.3. The fourth-order valence-corrected chi connectivity index (χ4v) is 2.35. The molecule has 100 valence electrons. The highest BCUT2D eigenvalue weighted by Gasteiger charge is 2.11. The van der Waals surface area contributed by atoms with Crippen molar-refractivity contribution in [2.75, 3.05) is 0 Å². The van der Waals surface area contributed by atoms with Gasteiger partial charge in [-0.2, -0.15) is 0 Å². The van der Waals surface area contributed by atoms with E-state index in [4.69, 9.17) is 0 Å². The Morgan fingerprint density at radius 1 is 1.00 bits per heavy atom. The largest absolute Gasteiger partial charge is 0.392 e. The van der Waals surface area contributed by atoms with Crippen molar-refractivity contribution in [3.05, 3.63) is 69.7 Å². The average Bonchev–Trinajstić information content (AvgIpc) is 2.38. The molecule has 4 heteroatoms. The molecule has 0 aromatic heterocycles. The van der Waals surface area contributed by atoms with Crippen molar-refractivity contribution in [2.45, 2.75) is 18.9 Å². The van der Waals surface area contributed by atoms with Gasteiger partial charge in [-0.1, -0.05) is 24.3 Å². The molecule has 0 aliphatic carbocycles. The van der Waals surface area contributed by atoms with Crippen LogP contribution >= 0.6 is 15.9 Å². The van der Waals surface area contributed by atoms with Gasteiger partial charge in [0.05, 0.1) is 10.6 Å². The molecule has 1 unspecified atom stereocenters. The summed E-state index contributed by atoms with van der Waals surface area (Å²) >= 11 is 3.17. The summed E-state index contributed by atoms with van der Waals surface area (Å²) in [6.45, 7) is 0. The van der Waals surface area contributed by atoms with E-state index in [1.54, 1.807) is 24.3 Å². The Labute approximate surface area is 119 Å². The molecule has 0 aliphatic heterocycles. The molecule has 1 atom stereocenters. The van der Waals surface area contributed by atoms with E-state index in [0.717, 1.165) is 11.1 Å². The predicted octanol–water partition coefficient (Wildman–Crippen LogP) is 3.87. The summed E-state index contributed by atoms with van der Waals surface area (Å²) in [5.74, 6) is -0.641. The summed E-state index contributed by atoms with van der Waals surface area (Å²) in [5.41, 5.74) is 1.57. The third-order valence-electron chi connectivity index (χ3n) is 2.87. The van der Waals surface area contributed by atoms with Gasteiger partial charge in [-0.05, 0) is 58.1 Å². The standard InChI is InChI=1S/C15H13BrF2O/c16-15-11(2-1-3-14(15)18)9-13(19)8-10-4-6-12(17)7-5-10/h1-7,13,19H,8-9H2. The van der Waals surface area contributed by atoms with E-state index in [-0.39, 0.29) is 11.6 Å². The zero-order valence-corrected chi connectivity index (χ0v) is 11.7. The highest BCUT2D eigenvalue weighted by Crippen LogP contribution is 2.22. The van der Waals surface area contributed by atoms with Gasteiger partial charge in [0.25, 0.3) is 0 Å². The summed E-state index contributed by atoms with van der Waals surface area (Å²) in [6.07, 6.45) is 0.113. The fourth-order valence-electron chi connectivity index (χ4n) is 1.92. The lowest BCUT2D eigenvalue weighted by molar-refractivity contribution is 0.175. The quantitative estimate of drug-likeness (QED) is 0.904. The first-order chi connectivity index (χ1) is 9.06. The molecule has 0 bridgehead atoms. The zero-order valence-electron chi connectivity index (χ0n) is 10.1. The number of halogens is 3. The highest BCUT2D eigenvalue weighted by molar-refractivity contribution is 9.10. The lowest BCUT2D eigenvalue weighted by Crippen LogP contribution is -2.14. The van der Waals surface area contributed by atoms with Crippen LogP contribution in [0.1, 0.15) is 11.1 Å². The van der Waals surface area contributed by atoms with Gasteiger partial charge >= 0.3 is 0 Å². The molecule has 0 fully saturated rings. The SMILES string of the molecule is OC(Cc1ccc(F)cc1)Cc1cccc(F)c1Br. The van der Waals surface area contributed by atoms with Crippen LogP contribution in [0.25, 0.3) is 0 Å². The van der Waals surface area contributed by atoms with Crippen molar-refractivity contribution in [2.24, 2.45) is 0 Å². The van der Waals surface area contributed by atoms with Crippen LogP contribution in [0, 0.1) is 11.6 Å². The summed E-state index contributed by atoms with van der Waals surface area (Å²) in [7, 11) is 0. The second kappa shape index (κ2) is 6.26. The van der Waals surface area contributed by atoms with E-state index in [9.17, 15) is 13.9 Å². The number of aliphatic hydroxyl groups is 1. The smallest absolute Gasteiger partial charge is 0.137 e. The monoisotopic (exact) mass is 326 g/mol. The normalized spacial score (nSPS) is 12.4. The minimum atomic E-state index is -0.636. The number of aliphatic hydroxyl groups excluding tert-OH is 1. The Bertz CT molecular complexity index is 555. The maximum Gasteiger partial charge on any atom is 0.137 e. The van der Waals surface area contributed by atoms with Crippen LogP contribution < -0.4 is 0 Å². The summed E-state index contributed by atoms with van der Waals surface area (Å²) in [4.78, 5) is 0. The first kappa shape index (κ1) is 14.2. The summed E-state index contributed by atoms with van der Waals surface area (Å²) < 4.78 is 26.5. The van der Waals surface area contributed by atoms with Gasteiger partial charge in [0.1, 0.15) is 11.6 Å². The summed E-state index contributed by atoms with van der Waals surface area (Å²) in [6, 6.07) is 10.7. The molecule has 0 radical (unpaired) electrons. The predicted molar refractivity (Wildman–Crippen MR) is 73.9 cm³/mol. The summed E-state index contributed by atoms with van der Waals surface area (Å²) in [5, 5.41) is 10.0. The number of benzene rings is 2. The molecule has 0 amide bonds. The first-order valence-electron chi connectivity index (χ1n) is 5.91. The van der Waals surface area contributed by atoms with Crippen molar-refractivity contribution < 1.29 is 13.9 Å². The van der Waals surface area contributed by atoms with Gasteiger partial charge in [0.15, 0.2) is 0 Å². The minimum absolute atomic E-state index is 0.300. The Morgan fingerprint density at radius 2 is 1.68 bits per heavy atom. The molecule has 0 saturated carbocycles. The number of hydrogen-bond donors (Lipinski definition) is 1. The second-order valence-electron chi connectivity index (χ2n) is 4.40. The molecule has 0 saturated heterocycles. The molecule has 0 aliphatic rings. The third kappa shape index (κ3) is 3.85. The first-order valence-corrected chi connectivity index (χ1v) is 6.71. The van der Waals surface area contributed by atoms with E-state index in [1.165, 1.54) is 18.2 Å². The molecule has 0 heterocycles. The molecule has 1 N–H and O–H groups in total. The van der Waals surface area contributed by atoms with Gasteiger partial charge in [-0.25, -0.2) is 8.78 Å². The maximum absolute atomic E-state index is 13.3. The van der Waals surface area contributed by atoms with Crippen LogP contribution in [-0.2, 0) is 12.8 Å². The van der Waals surface area contributed by atoms with Gasteiger partial charge in [-0.3, -0.25) is 0 Å². The molecular weight excluding hydrogens is 314 g/mol. The molecule has 2 rings (SSSR count). The topological polar surface area (TPSA) is 20.2 Å². The molecular formula is C15H13BrF2O. The van der Waals surface area contributed by atoms with Crippen molar-refractivity contribution in [3.8, 4) is 0 Å². The molecule has 2 aromatic carbocycles. The van der Waals surface area contributed by atoms with Gasteiger partial charge < -0.3 is 5.11 Å². The Hall–Kier alpha value is -1.26. The van der Waals surface area contributed by atoms with E-state index >= 15 is 0 Å². The van der Waals surface area contributed by atoms with Crippen molar-refractivity contribution in [1.82, 2.24) is 0 Å². The van der Waals surface area contributed by atoms with Crippen molar-refractivity contribution >= 4 is 15.9 Å². The lowest BCUT2D eigenvalue weighted by atomic mass is 10.0. The fraction of sp³-hybridized carbons (Fsp3) is 0.200. The third-order valence-corrected chi connectivity index (χ3v) is 3.76. The second-order valence-corrected chi connectivity index (χ2v) is 5.19. The van der Waals surface area contributed by atoms with E-state index in [0.29, 0.717) is 17.3 Å². The van der Waals surface area contributed by atoms with Crippen LogP contribution in [-0.4, -0.2) is 11.2 Å². The minimum Gasteiger partial charge on any atom is -0.392 e. The Balaban J connectivity index is 2.03. The highest BCUT2D eigenvalue weighted by atomic mass is 79.9. The Kier molecular flexibility index (Phi) is 4.66. The Morgan fingerprint density at radius 3 is 2.37 bits per heavy atom. The van der Waals surface area contributed by atoms with Crippen molar-refractivity contribution in [1.29, 1.82) is 0 Å². The molecule has 2 aromatic rings. The lowest BCUT2D eigenvalue weighted by Gasteiger charge is -2.12. The number of hydrogen-bond acceptors (Lipinski definition) is 1. The van der Waals surface area contributed by atoms with Gasteiger partial charge in [0.2, 0.25) is 0 Å². The van der Waals surface area contributed by atoms with Crippen LogP contribution in [0.5, 0.6) is 0 Å². The molecule has 1 nitrogen and oxygen atoms in total. The van der Waals surface area contributed by atoms with E-state index in [2.05, 4.69) is 15.9 Å². The molecule has 0 spiro atoms. The van der Waals surface area contributed by atoms with E-state index < -0.39 is 6.10 Å². The van der Waals surface area contributed by atoms with Crippen LogP contribution in [0.4, 0.5) is 8.78 Å². The molecule has 19 heavy (non-hydrogen) atoms. The van der Waals surface area contributed by atoms with Crippen LogP contribution in [0.3, 0.4) is 0 Å².